The highest BCUT2D eigenvalue weighted by Gasteiger charge is 2.30. The molecule has 0 radical (unpaired) electrons. The zero-order chi connectivity index (χ0) is 13.3. The Morgan fingerprint density at radius 3 is 2.56 bits per heavy atom. The molecule has 1 aromatic carbocycles. The molecule has 0 amide bonds. The molecule has 1 N–H and O–H groups in total. The number of alkyl halides is 3. The van der Waals surface area contributed by atoms with Crippen LogP contribution in [-0.2, 0) is 6.18 Å². The molecule has 2 rings (SSSR count). The van der Waals surface area contributed by atoms with Gasteiger partial charge >= 0.3 is 6.18 Å². The van der Waals surface area contributed by atoms with Crippen LogP contribution in [0.1, 0.15) is 5.56 Å². The number of benzene rings is 1. The van der Waals surface area contributed by atoms with Crippen LogP contribution >= 0.6 is 11.6 Å². The third-order valence-electron chi connectivity index (χ3n) is 2.40. The van der Waals surface area contributed by atoms with Crippen LogP contribution in [0.5, 0.6) is 0 Å². The molecule has 6 heteroatoms. The predicted molar refractivity (Wildman–Crippen MR) is 62.5 cm³/mol. The number of aromatic amines is 1. The van der Waals surface area contributed by atoms with Crippen molar-refractivity contribution < 1.29 is 13.2 Å². The average Bonchev–Trinajstić information content (AvgIpc) is 2.32. The molecule has 0 atom stereocenters. The van der Waals surface area contributed by atoms with Crippen molar-refractivity contribution in [3.05, 3.63) is 57.5 Å². The Balaban J connectivity index is 2.59. The minimum absolute atomic E-state index is 0.128. The van der Waals surface area contributed by atoms with E-state index in [0.29, 0.717) is 0 Å². The van der Waals surface area contributed by atoms with Gasteiger partial charge in [0.2, 0.25) is 0 Å². The Labute approximate surface area is 105 Å². The summed E-state index contributed by atoms with van der Waals surface area (Å²) in [5.41, 5.74) is -0.796. The number of halogens is 4. The first kappa shape index (κ1) is 12.7. The van der Waals surface area contributed by atoms with E-state index in [9.17, 15) is 18.0 Å². The molecule has 0 aliphatic rings. The Morgan fingerprint density at radius 2 is 1.89 bits per heavy atom. The molecule has 94 valence electrons. The summed E-state index contributed by atoms with van der Waals surface area (Å²) >= 11 is 5.77. The van der Waals surface area contributed by atoms with Crippen molar-refractivity contribution >= 4 is 11.6 Å². The lowest BCUT2D eigenvalue weighted by Crippen LogP contribution is -2.07. The van der Waals surface area contributed by atoms with Gasteiger partial charge in [0, 0.05) is 11.8 Å². The minimum Gasteiger partial charge on any atom is -0.328 e. The highest BCUT2D eigenvalue weighted by molar-refractivity contribution is 6.33. The largest absolute Gasteiger partial charge is 0.416 e. The second kappa shape index (κ2) is 4.49. The van der Waals surface area contributed by atoms with E-state index in [1.54, 1.807) is 0 Å². The van der Waals surface area contributed by atoms with Crippen molar-refractivity contribution in [2.45, 2.75) is 6.18 Å². The fraction of sp³-hybridized carbons (Fsp3) is 0.0833. The van der Waals surface area contributed by atoms with Gasteiger partial charge in [0.15, 0.2) is 0 Å². The number of nitrogens with one attached hydrogen (secondary N) is 1. The summed E-state index contributed by atoms with van der Waals surface area (Å²) in [6.45, 7) is 0. The van der Waals surface area contributed by atoms with Crippen LogP contribution in [-0.4, -0.2) is 4.98 Å². The van der Waals surface area contributed by atoms with Crippen LogP contribution in [0, 0.1) is 0 Å². The molecule has 2 aromatic rings. The third kappa shape index (κ3) is 2.41. The molecule has 0 saturated heterocycles. The minimum atomic E-state index is -4.43. The van der Waals surface area contributed by atoms with E-state index < -0.39 is 17.3 Å². The van der Waals surface area contributed by atoms with Gasteiger partial charge < -0.3 is 4.98 Å². The molecule has 18 heavy (non-hydrogen) atoms. The monoisotopic (exact) mass is 273 g/mol. The van der Waals surface area contributed by atoms with E-state index in [1.165, 1.54) is 24.4 Å². The fourth-order valence-electron chi connectivity index (χ4n) is 1.55. The molecule has 0 unspecified atom stereocenters. The third-order valence-corrected chi connectivity index (χ3v) is 2.78. The number of H-pyrrole nitrogens is 1. The molecule has 2 nitrogen and oxygen atoms in total. The number of aromatic nitrogens is 1. The number of rotatable bonds is 1. The van der Waals surface area contributed by atoms with Crippen molar-refractivity contribution in [3.8, 4) is 11.1 Å². The first-order valence-electron chi connectivity index (χ1n) is 4.94. The lowest BCUT2D eigenvalue weighted by Gasteiger charge is -2.09. The van der Waals surface area contributed by atoms with Crippen molar-refractivity contribution in [3.63, 3.8) is 0 Å². The van der Waals surface area contributed by atoms with Gasteiger partial charge in [-0.1, -0.05) is 23.7 Å². The van der Waals surface area contributed by atoms with Crippen LogP contribution in [0.3, 0.4) is 0 Å². The van der Waals surface area contributed by atoms with Gasteiger partial charge in [0.05, 0.1) is 5.56 Å². The molecule has 0 aliphatic heterocycles. The molecule has 0 fully saturated rings. The quantitative estimate of drug-likeness (QED) is 0.844. The SMILES string of the molecule is O=c1[nH]ccc(-c2cccc(C(F)(F)F)c2)c1Cl. The maximum atomic E-state index is 12.6. The molecule has 1 heterocycles. The number of hydrogen-bond acceptors (Lipinski definition) is 1. The van der Waals surface area contributed by atoms with Gasteiger partial charge in [-0.15, -0.1) is 0 Å². The van der Waals surface area contributed by atoms with Gasteiger partial charge in [-0.3, -0.25) is 4.79 Å². The second-order valence-corrected chi connectivity index (χ2v) is 3.99. The second-order valence-electron chi connectivity index (χ2n) is 3.61. The van der Waals surface area contributed by atoms with Crippen LogP contribution in [0.4, 0.5) is 13.2 Å². The van der Waals surface area contributed by atoms with Crippen LogP contribution in [0.2, 0.25) is 5.02 Å². The van der Waals surface area contributed by atoms with Crippen LogP contribution < -0.4 is 5.56 Å². The van der Waals surface area contributed by atoms with Gasteiger partial charge in [-0.05, 0) is 23.8 Å². The lowest BCUT2D eigenvalue weighted by molar-refractivity contribution is -0.137. The normalized spacial score (nSPS) is 11.6. The van der Waals surface area contributed by atoms with Gasteiger partial charge in [0.25, 0.3) is 5.56 Å². The first-order chi connectivity index (χ1) is 8.39. The van der Waals surface area contributed by atoms with Crippen LogP contribution in [0.25, 0.3) is 11.1 Å². The molecular formula is C12H7ClF3NO. The smallest absolute Gasteiger partial charge is 0.328 e. The predicted octanol–water partition coefficient (Wildman–Crippen LogP) is 3.71. The topological polar surface area (TPSA) is 32.9 Å². The summed E-state index contributed by atoms with van der Waals surface area (Å²) in [5.74, 6) is 0. The average molecular weight is 274 g/mol. The Hall–Kier alpha value is -1.75. The summed E-state index contributed by atoms with van der Waals surface area (Å²) in [7, 11) is 0. The summed E-state index contributed by atoms with van der Waals surface area (Å²) in [6, 6.07) is 6.12. The Morgan fingerprint density at radius 1 is 1.17 bits per heavy atom. The maximum Gasteiger partial charge on any atom is 0.416 e. The van der Waals surface area contributed by atoms with E-state index >= 15 is 0 Å². The van der Waals surface area contributed by atoms with E-state index in [-0.39, 0.29) is 16.1 Å². The van der Waals surface area contributed by atoms with Crippen molar-refractivity contribution in [2.24, 2.45) is 0 Å². The standard InChI is InChI=1S/C12H7ClF3NO/c13-10-9(4-5-17-11(10)18)7-2-1-3-8(6-7)12(14,15)16/h1-6H,(H,17,18). The van der Waals surface area contributed by atoms with Gasteiger partial charge in [0.1, 0.15) is 5.02 Å². The van der Waals surface area contributed by atoms with Crippen molar-refractivity contribution in [1.29, 1.82) is 0 Å². The van der Waals surface area contributed by atoms with Crippen molar-refractivity contribution in [1.82, 2.24) is 4.98 Å². The van der Waals surface area contributed by atoms with E-state index in [0.717, 1.165) is 12.1 Å². The maximum absolute atomic E-state index is 12.6. The molecule has 0 bridgehead atoms. The summed E-state index contributed by atoms with van der Waals surface area (Å²) in [6.07, 6.45) is -3.09. The first-order valence-corrected chi connectivity index (χ1v) is 5.32. The summed E-state index contributed by atoms with van der Waals surface area (Å²) in [5, 5.41) is -0.128. The molecule has 0 spiro atoms. The summed E-state index contributed by atoms with van der Waals surface area (Å²) in [4.78, 5) is 13.6. The zero-order valence-electron chi connectivity index (χ0n) is 8.88. The van der Waals surface area contributed by atoms with Gasteiger partial charge in [-0.25, -0.2) is 0 Å². The zero-order valence-corrected chi connectivity index (χ0v) is 9.64. The number of hydrogen-bond donors (Lipinski definition) is 1. The van der Waals surface area contributed by atoms with E-state index in [4.69, 9.17) is 11.6 Å². The summed E-state index contributed by atoms with van der Waals surface area (Å²) < 4.78 is 37.7. The highest BCUT2D eigenvalue weighted by Crippen LogP contribution is 2.33. The molecule has 0 aliphatic carbocycles. The Kier molecular flexibility index (Phi) is 3.17. The van der Waals surface area contributed by atoms with Gasteiger partial charge in [-0.2, -0.15) is 13.2 Å². The molecule has 1 aromatic heterocycles. The van der Waals surface area contributed by atoms with E-state index in [1.807, 2.05) is 0 Å². The Bertz CT molecular complexity index is 634. The van der Waals surface area contributed by atoms with E-state index in [2.05, 4.69) is 4.98 Å². The molecule has 0 saturated carbocycles. The lowest BCUT2D eigenvalue weighted by atomic mass is 10.0. The van der Waals surface area contributed by atoms with Crippen molar-refractivity contribution in [2.75, 3.05) is 0 Å². The molecular weight excluding hydrogens is 267 g/mol. The van der Waals surface area contributed by atoms with Crippen LogP contribution in [0.15, 0.2) is 41.3 Å². The highest BCUT2D eigenvalue weighted by atomic mass is 35.5. The number of pyridine rings is 1. The fourth-order valence-corrected chi connectivity index (χ4v) is 1.77.